The topological polar surface area (TPSA) is 69.0 Å². The van der Waals surface area contributed by atoms with Crippen molar-refractivity contribution in [2.24, 2.45) is 5.41 Å². The normalized spacial score (nSPS) is 18.5. The zero-order valence-corrected chi connectivity index (χ0v) is 22.8. The molecule has 0 amide bonds. The highest BCUT2D eigenvalue weighted by Crippen LogP contribution is 2.45. The van der Waals surface area contributed by atoms with Crippen molar-refractivity contribution in [3.05, 3.63) is 74.9 Å². The second-order valence-electron chi connectivity index (χ2n) is 9.98. The van der Waals surface area contributed by atoms with Crippen LogP contribution in [-0.2, 0) is 11.4 Å². The van der Waals surface area contributed by atoms with Crippen molar-refractivity contribution < 1.29 is 9.53 Å². The molecule has 1 aromatic heterocycles. The summed E-state index contributed by atoms with van der Waals surface area (Å²) in [5, 5.41) is 9.96. The fourth-order valence-corrected chi connectivity index (χ4v) is 5.70. The highest BCUT2D eigenvalue weighted by Gasteiger charge is 2.41. The molecule has 188 valence electrons. The third-order valence-electron chi connectivity index (χ3n) is 6.33. The maximum atomic E-state index is 13.4. The minimum Gasteiger partial charge on any atom is -0.489 e. The van der Waals surface area contributed by atoms with Crippen LogP contribution in [0.4, 0.5) is 5.95 Å². The minimum atomic E-state index is -0.326. The Hall–Kier alpha value is -2.48. The van der Waals surface area contributed by atoms with Crippen molar-refractivity contribution in [2.75, 3.05) is 11.1 Å². The van der Waals surface area contributed by atoms with Crippen LogP contribution in [0, 0.1) is 5.41 Å². The average molecular weight is 544 g/mol. The number of nitrogens with zero attached hydrogens (tertiary/aromatic N) is 3. The van der Waals surface area contributed by atoms with Crippen molar-refractivity contribution >= 4 is 46.7 Å². The Labute approximate surface area is 225 Å². The van der Waals surface area contributed by atoms with Gasteiger partial charge in [-0.25, -0.2) is 4.68 Å². The number of rotatable bonds is 7. The predicted octanol–water partition coefficient (Wildman–Crippen LogP) is 7.32. The molecule has 2 aliphatic rings. The zero-order valence-electron chi connectivity index (χ0n) is 20.5. The fraction of sp³-hybridized carbons (Fsp3) is 0.370. The summed E-state index contributed by atoms with van der Waals surface area (Å²) in [6, 6.07) is 13.0. The number of fused-ring (bicyclic) bond motifs is 1. The molecule has 36 heavy (non-hydrogen) atoms. The van der Waals surface area contributed by atoms with Crippen molar-refractivity contribution in [2.45, 2.75) is 57.8 Å². The maximum absolute atomic E-state index is 13.4. The van der Waals surface area contributed by atoms with Crippen LogP contribution in [0.5, 0.6) is 5.75 Å². The monoisotopic (exact) mass is 542 g/mol. The highest BCUT2D eigenvalue weighted by atomic mass is 35.5. The molecule has 2 aromatic carbocycles. The summed E-state index contributed by atoms with van der Waals surface area (Å²) in [6.07, 6.45) is 2.34. The fourth-order valence-electron chi connectivity index (χ4n) is 4.69. The number of Topliss-reactive ketones (excluding diaryl/α,β-unsaturated/α-hetero) is 1. The molecular formula is C27H28Cl2N4O2S. The van der Waals surface area contributed by atoms with Gasteiger partial charge in [-0.3, -0.25) is 4.79 Å². The van der Waals surface area contributed by atoms with E-state index in [1.54, 1.807) is 23.9 Å². The summed E-state index contributed by atoms with van der Waals surface area (Å²) in [4.78, 5) is 18.1. The van der Waals surface area contributed by atoms with Gasteiger partial charge in [-0.1, -0.05) is 73.9 Å². The van der Waals surface area contributed by atoms with Crippen molar-refractivity contribution in [1.29, 1.82) is 0 Å². The van der Waals surface area contributed by atoms with Gasteiger partial charge in [0.05, 0.1) is 10.0 Å². The Morgan fingerprint density at radius 3 is 2.64 bits per heavy atom. The number of hydrogen-bond donors (Lipinski definition) is 1. The molecular weight excluding hydrogens is 515 g/mol. The number of hydrogen-bond acceptors (Lipinski definition) is 6. The second kappa shape index (κ2) is 10.1. The molecule has 1 aliphatic heterocycles. The Morgan fingerprint density at radius 2 is 1.92 bits per heavy atom. The molecule has 0 saturated carbocycles. The Morgan fingerprint density at radius 1 is 1.14 bits per heavy atom. The maximum Gasteiger partial charge on any atom is 0.227 e. The van der Waals surface area contributed by atoms with Gasteiger partial charge < -0.3 is 10.1 Å². The number of ether oxygens (including phenoxy) is 1. The number of thioether (sulfide) groups is 1. The van der Waals surface area contributed by atoms with Crippen LogP contribution < -0.4 is 10.1 Å². The van der Waals surface area contributed by atoms with E-state index >= 15 is 0 Å². The summed E-state index contributed by atoms with van der Waals surface area (Å²) in [5.74, 6) is 2.51. The Balaban J connectivity index is 1.44. The number of halogens is 2. The second-order valence-corrected chi connectivity index (χ2v) is 11.9. The number of ketones is 1. The lowest BCUT2D eigenvalue weighted by atomic mass is 9.73. The van der Waals surface area contributed by atoms with Gasteiger partial charge >= 0.3 is 0 Å². The van der Waals surface area contributed by atoms with Crippen molar-refractivity contribution in [3.8, 4) is 5.75 Å². The molecule has 1 N–H and O–H groups in total. The van der Waals surface area contributed by atoms with Crippen molar-refractivity contribution in [3.63, 3.8) is 0 Å². The first-order valence-electron chi connectivity index (χ1n) is 12.0. The van der Waals surface area contributed by atoms with Crippen LogP contribution in [0.15, 0.2) is 58.9 Å². The van der Waals surface area contributed by atoms with E-state index in [4.69, 9.17) is 38.0 Å². The number of benzene rings is 2. The third-order valence-corrected chi connectivity index (χ3v) is 8.12. The van der Waals surface area contributed by atoms with Crippen LogP contribution in [0.25, 0.3) is 0 Å². The number of aromatic nitrogens is 3. The molecule has 0 bridgehead atoms. The van der Waals surface area contributed by atoms with Gasteiger partial charge in [-0.15, -0.1) is 5.10 Å². The number of nitrogens with one attached hydrogen (secondary N) is 1. The van der Waals surface area contributed by atoms with E-state index in [0.29, 0.717) is 29.0 Å². The number of allylic oxidation sites excluding steroid dienone is 2. The van der Waals surface area contributed by atoms with Crippen LogP contribution in [0.3, 0.4) is 0 Å². The summed E-state index contributed by atoms with van der Waals surface area (Å²) in [7, 11) is 0. The summed E-state index contributed by atoms with van der Waals surface area (Å²) < 4.78 is 7.83. The molecule has 3 aromatic rings. The Bertz CT molecular complexity index is 1330. The van der Waals surface area contributed by atoms with Crippen LogP contribution >= 0.6 is 35.0 Å². The molecule has 1 atom stereocenters. The molecule has 1 aliphatic carbocycles. The molecule has 2 heterocycles. The van der Waals surface area contributed by atoms with Gasteiger partial charge in [0.2, 0.25) is 11.1 Å². The van der Waals surface area contributed by atoms with E-state index in [9.17, 15) is 4.79 Å². The molecule has 9 heteroatoms. The van der Waals surface area contributed by atoms with Gasteiger partial charge in [0.25, 0.3) is 0 Å². The van der Waals surface area contributed by atoms with E-state index in [2.05, 4.69) is 26.1 Å². The third kappa shape index (κ3) is 5.15. The summed E-state index contributed by atoms with van der Waals surface area (Å²) in [6.45, 7) is 6.77. The predicted molar refractivity (Wildman–Crippen MR) is 145 cm³/mol. The zero-order chi connectivity index (χ0) is 25.4. The SMILES string of the molecule is CCCSc1nc2n(n1)C(c1ccc(OCc3ccc(Cl)c(Cl)c3)cc1)C1=C(CC(C)(C)CC1=O)N2. The largest absolute Gasteiger partial charge is 0.489 e. The van der Waals surface area contributed by atoms with E-state index in [-0.39, 0.29) is 17.2 Å². The average Bonchev–Trinajstić information content (AvgIpc) is 3.24. The summed E-state index contributed by atoms with van der Waals surface area (Å²) in [5.41, 5.74) is 3.53. The lowest BCUT2D eigenvalue weighted by molar-refractivity contribution is -0.118. The van der Waals surface area contributed by atoms with E-state index in [0.717, 1.165) is 51.9 Å². The molecule has 0 radical (unpaired) electrons. The molecule has 5 rings (SSSR count). The molecule has 0 spiro atoms. The Kier molecular flexibility index (Phi) is 7.07. The van der Waals surface area contributed by atoms with Gasteiger partial charge in [0, 0.05) is 23.4 Å². The quantitative estimate of drug-likeness (QED) is 0.315. The van der Waals surface area contributed by atoms with Gasteiger partial charge in [0.1, 0.15) is 18.4 Å². The minimum absolute atomic E-state index is 0.0995. The number of anilines is 1. The lowest BCUT2D eigenvalue weighted by Gasteiger charge is -2.38. The number of carbonyl (C=O) groups is 1. The van der Waals surface area contributed by atoms with E-state index in [1.165, 1.54) is 0 Å². The van der Waals surface area contributed by atoms with Gasteiger partial charge in [-0.05, 0) is 53.6 Å². The van der Waals surface area contributed by atoms with Crippen molar-refractivity contribution in [1.82, 2.24) is 14.8 Å². The first kappa shape index (κ1) is 25.2. The van der Waals surface area contributed by atoms with E-state index in [1.807, 2.05) is 35.0 Å². The molecule has 0 fully saturated rings. The van der Waals surface area contributed by atoms with Crippen LogP contribution in [-0.4, -0.2) is 26.3 Å². The standard InChI is InChI=1S/C27H28Cl2N4O2S/c1-4-11-36-26-31-25-30-21-13-27(2,3)14-22(34)23(21)24(33(25)32-26)17-6-8-18(9-7-17)35-15-16-5-10-19(28)20(29)12-16/h5-10,12,24H,4,11,13-15H2,1-3H3,(H,30,31,32). The first-order chi connectivity index (χ1) is 17.2. The first-order valence-corrected chi connectivity index (χ1v) is 13.8. The lowest BCUT2D eigenvalue weighted by Crippen LogP contribution is -2.36. The molecule has 6 nitrogen and oxygen atoms in total. The van der Waals surface area contributed by atoms with Crippen LogP contribution in [0.2, 0.25) is 10.0 Å². The van der Waals surface area contributed by atoms with E-state index < -0.39 is 0 Å². The van der Waals surface area contributed by atoms with Crippen LogP contribution in [0.1, 0.15) is 57.2 Å². The number of carbonyl (C=O) groups excluding carboxylic acids is 1. The highest BCUT2D eigenvalue weighted by molar-refractivity contribution is 7.99. The van der Waals surface area contributed by atoms with Gasteiger partial charge in [0.15, 0.2) is 5.78 Å². The summed E-state index contributed by atoms with van der Waals surface area (Å²) >= 11 is 13.8. The molecule has 0 saturated heterocycles. The molecule has 1 unspecified atom stereocenters. The van der Waals surface area contributed by atoms with Gasteiger partial charge in [-0.2, -0.15) is 4.98 Å². The smallest absolute Gasteiger partial charge is 0.227 e.